The van der Waals surface area contributed by atoms with Gasteiger partial charge in [-0.1, -0.05) is 13.8 Å². The molecular formula is C15H21N5O6. The second kappa shape index (κ2) is 7.11. The first kappa shape index (κ1) is 15.9. The van der Waals surface area contributed by atoms with Crippen LogP contribution in [-0.2, 0) is 14.3 Å². The first-order valence-electron chi connectivity index (χ1n) is 8.91. The van der Waals surface area contributed by atoms with Crippen molar-refractivity contribution in [2.45, 2.75) is 38.4 Å². The summed E-state index contributed by atoms with van der Waals surface area (Å²) < 4.78 is 26.8. The Morgan fingerprint density at radius 1 is 1.62 bits per heavy atom. The van der Waals surface area contributed by atoms with Crippen molar-refractivity contribution in [2.75, 3.05) is 19.0 Å². The Morgan fingerprint density at radius 3 is 2.96 bits per heavy atom. The maximum atomic E-state index is 12.3. The van der Waals surface area contributed by atoms with E-state index in [1.54, 1.807) is 13.8 Å². The van der Waals surface area contributed by atoms with E-state index in [-0.39, 0.29) is 28.9 Å². The van der Waals surface area contributed by atoms with Crippen LogP contribution in [0, 0.1) is 5.92 Å². The van der Waals surface area contributed by atoms with Gasteiger partial charge in [-0.25, -0.2) is 4.98 Å². The zero-order chi connectivity index (χ0) is 20.8. The molecule has 1 aliphatic heterocycles. The molecule has 0 bridgehead atoms. The molecule has 26 heavy (non-hydrogen) atoms. The Hall–Kier alpha value is -2.34. The Bertz CT molecular complexity index is 939. The van der Waals surface area contributed by atoms with Crippen LogP contribution in [0.15, 0.2) is 11.1 Å². The number of methoxy groups -OCH3 is 1. The molecule has 0 aliphatic carbocycles. The zero-order valence-electron chi connectivity index (χ0n) is 16.3. The predicted octanol–water partition coefficient (Wildman–Crippen LogP) is -1.02. The lowest BCUT2D eigenvalue weighted by molar-refractivity contribution is -0.118. The van der Waals surface area contributed by atoms with Gasteiger partial charge < -0.3 is 19.7 Å². The Labute approximate surface area is 150 Å². The van der Waals surface area contributed by atoms with Crippen LogP contribution < -0.4 is 10.9 Å². The van der Waals surface area contributed by atoms with E-state index < -0.39 is 36.7 Å². The lowest BCUT2D eigenvalue weighted by atomic mass is 10.1. The number of aromatic nitrogens is 4. The maximum Gasteiger partial charge on any atom is 0.280 e. The minimum absolute atomic E-state index is 0.0289. The van der Waals surface area contributed by atoms with Gasteiger partial charge in [0.15, 0.2) is 17.4 Å². The summed E-state index contributed by atoms with van der Waals surface area (Å²) in [4.78, 5) is 34.7. The molecule has 3 heterocycles. The van der Waals surface area contributed by atoms with E-state index in [9.17, 15) is 19.8 Å². The van der Waals surface area contributed by atoms with Gasteiger partial charge in [0.2, 0.25) is 11.9 Å². The van der Waals surface area contributed by atoms with Crippen molar-refractivity contribution >= 4 is 23.0 Å². The van der Waals surface area contributed by atoms with Gasteiger partial charge in [0.25, 0.3) is 5.56 Å². The van der Waals surface area contributed by atoms with Crippen molar-refractivity contribution in [2.24, 2.45) is 5.92 Å². The van der Waals surface area contributed by atoms with Crippen molar-refractivity contribution in [3.63, 3.8) is 0 Å². The van der Waals surface area contributed by atoms with E-state index in [2.05, 4.69) is 20.3 Å². The molecular weight excluding hydrogens is 346 g/mol. The first-order valence-corrected chi connectivity index (χ1v) is 7.91. The summed E-state index contributed by atoms with van der Waals surface area (Å²) >= 11 is 0. The number of aromatic amines is 1. The summed E-state index contributed by atoms with van der Waals surface area (Å²) in [6, 6.07) is 0. The monoisotopic (exact) mass is 369 g/mol. The number of nitrogens with zero attached hydrogens (tertiary/aromatic N) is 3. The molecule has 0 radical (unpaired) electrons. The summed E-state index contributed by atoms with van der Waals surface area (Å²) in [5.41, 5.74) is -0.628. The van der Waals surface area contributed by atoms with Gasteiger partial charge in [0.05, 0.1) is 15.6 Å². The molecule has 4 atom stereocenters. The normalized spacial score (nSPS) is 27.6. The molecule has 4 N–H and O–H groups in total. The molecule has 11 heteroatoms. The fraction of sp³-hybridized carbons (Fsp3) is 0.600. The van der Waals surface area contributed by atoms with E-state index in [0.29, 0.717) is 0 Å². The minimum atomic E-state index is -2.83. The van der Waals surface area contributed by atoms with Crippen molar-refractivity contribution < 1.29 is 27.2 Å². The summed E-state index contributed by atoms with van der Waals surface area (Å²) in [6.07, 6.45) is -4.06. The molecule has 11 nitrogen and oxygen atoms in total. The highest BCUT2D eigenvalue weighted by atomic mass is 16.6. The fourth-order valence-electron chi connectivity index (χ4n) is 2.67. The topological polar surface area (TPSA) is 152 Å². The van der Waals surface area contributed by atoms with Crippen molar-refractivity contribution in [3.8, 4) is 0 Å². The number of hydrogen-bond donors (Lipinski definition) is 4. The quantitative estimate of drug-likeness (QED) is 0.523. The second-order valence-corrected chi connectivity index (χ2v) is 6.15. The van der Waals surface area contributed by atoms with Crippen LogP contribution in [0.1, 0.15) is 22.8 Å². The van der Waals surface area contributed by atoms with Gasteiger partial charge in [-0.3, -0.25) is 24.5 Å². The number of H-pyrrole nitrogens is 1. The molecule has 142 valence electrons. The second-order valence-electron chi connectivity index (χ2n) is 6.15. The smallest absolute Gasteiger partial charge is 0.280 e. The van der Waals surface area contributed by atoms with Crippen molar-refractivity contribution in [3.05, 3.63) is 16.7 Å². The van der Waals surface area contributed by atoms with Crippen LogP contribution in [0.2, 0.25) is 0 Å². The number of aliphatic hydroxyl groups is 2. The average Bonchev–Trinajstić information content (AvgIpc) is 3.15. The number of aliphatic hydroxyl groups excluding tert-OH is 1. The van der Waals surface area contributed by atoms with Crippen molar-refractivity contribution in [1.29, 1.82) is 0 Å². The highest BCUT2D eigenvalue weighted by Crippen LogP contribution is 2.32. The molecule has 1 fully saturated rings. The SMILES string of the molecule is [2H]C([2H])(O)[C@H]1O[C@@H](n2cnc3c(=O)[nH]c(NC(=O)C(C)C)nc32)[C@@H](OC)C1O. The number of rotatable bonds is 5. The van der Waals surface area contributed by atoms with E-state index >= 15 is 0 Å². The number of fused-ring (bicyclic) bond motifs is 1. The number of ether oxygens (including phenoxy) is 2. The molecule has 3 rings (SSSR count). The molecule has 1 saturated heterocycles. The van der Waals surface area contributed by atoms with Crippen molar-refractivity contribution in [1.82, 2.24) is 19.5 Å². The summed E-state index contributed by atoms with van der Waals surface area (Å²) in [7, 11) is 1.28. The van der Waals surface area contributed by atoms with Gasteiger partial charge in [0, 0.05) is 13.0 Å². The minimum Gasteiger partial charge on any atom is -0.394 e. The lowest BCUT2D eigenvalue weighted by Crippen LogP contribution is -2.34. The summed E-state index contributed by atoms with van der Waals surface area (Å²) in [5, 5.41) is 22.4. The fourth-order valence-corrected chi connectivity index (χ4v) is 2.67. The van der Waals surface area contributed by atoms with Crippen LogP contribution in [0.3, 0.4) is 0 Å². The third-order valence-corrected chi connectivity index (χ3v) is 4.09. The van der Waals surface area contributed by atoms with Gasteiger partial charge in [-0.2, -0.15) is 4.98 Å². The molecule has 1 unspecified atom stereocenters. The molecule has 0 spiro atoms. The van der Waals surface area contributed by atoms with Gasteiger partial charge >= 0.3 is 0 Å². The lowest BCUT2D eigenvalue weighted by Gasteiger charge is -2.20. The van der Waals surface area contributed by atoms with Crippen LogP contribution >= 0.6 is 0 Å². The molecule has 1 aliphatic rings. The van der Waals surface area contributed by atoms with Crippen LogP contribution in [0.25, 0.3) is 11.2 Å². The standard InChI is InChI=1S/C15H21N5O6/c1-6(2)12(23)18-15-17-11-8(13(24)19-15)16-5-20(11)14-10(25-3)9(22)7(4-21)26-14/h5-7,9-10,14,21-22H,4H2,1-3H3,(H2,17,18,19,23,24)/t7-,9?,10+,14-/m1/s1/i4D2. The highest BCUT2D eigenvalue weighted by Gasteiger charge is 2.45. The number of hydrogen-bond acceptors (Lipinski definition) is 8. The predicted molar refractivity (Wildman–Crippen MR) is 89.4 cm³/mol. The number of carbonyl (C=O) groups is 1. The Balaban J connectivity index is 2.04. The van der Waals surface area contributed by atoms with E-state index in [1.807, 2.05) is 0 Å². The Kier molecular flexibility index (Phi) is 4.34. The highest BCUT2D eigenvalue weighted by molar-refractivity contribution is 5.91. The van der Waals surface area contributed by atoms with Gasteiger partial charge in [0.1, 0.15) is 18.3 Å². The number of nitrogens with one attached hydrogen (secondary N) is 2. The van der Waals surface area contributed by atoms with Crippen LogP contribution in [0.4, 0.5) is 5.95 Å². The zero-order valence-corrected chi connectivity index (χ0v) is 14.3. The molecule has 2 aromatic rings. The van der Waals surface area contributed by atoms with E-state index in [0.717, 1.165) is 0 Å². The number of carbonyl (C=O) groups excluding carboxylic acids is 1. The van der Waals surface area contributed by atoms with Gasteiger partial charge in [-0.15, -0.1) is 0 Å². The Morgan fingerprint density at radius 2 is 2.35 bits per heavy atom. The molecule has 0 saturated carbocycles. The maximum absolute atomic E-state index is 12.3. The molecule has 0 aromatic carbocycles. The summed E-state index contributed by atoms with van der Waals surface area (Å²) in [6.45, 7) is 0.523. The van der Waals surface area contributed by atoms with E-state index in [4.69, 9.17) is 12.2 Å². The molecule has 1 amide bonds. The molecule has 2 aromatic heterocycles. The third kappa shape index (κ3) is 3.09. The van der Waals surface area contributed by atoms with Crippen LogP contribution in [0.5, 0.6) is 0 Å². The van der Waals surface area contributed by atoms with Crippen LogP contribution in [-0.4, -0.2) is 67.6 Å². The first-order chi connectivity index (χ1) is 13.0. The number of amides is 1. The number of imidazole rings is 1. The largest absolute Gasteiger partial charge is 0.394 e. The third-order valence-electron chi connectivity index (χ3n) is 4.09. The summed E-state index contributed by atoms with van der Waals surface area (Å²) in [5.74, 6) is -0.798. The van der Waals surface area contributed by atoms with Gasteiger partial charge in [-0.05, 0) is 0 Å². The number of anilines is 1. The van der Waals surface area contributed by atoms with E-state index in [1.165, 1.54) is 18.0 Å². The average molecular weight is 369 g/mol.